The van der Waals surface area contributed by atoms with Crippen LogP contribution in [-0.4, -0.2) is 70.3 Å². The van der Waals surface area contributed by atoms with Crippen LogP contribution in [0.3, 0.4) is 0 Å². The Morgan fingerprint density at radius 1 is 1.10 bits per heavy atom. The van der Waals surface area contributed by atoms with Crippen molar-refractivity contribution in [3.8, 4) is 0 Å². The maximum absolute atomic E-state index is 14.5. The molecule has 2 amide bonds. The number of hydrogen-bond donors (Lipinski definition) is 1. The second-order valence-electron chi connectivity index (χ2n) is 9.21. The number of ether oxygens (including phenoxy) is 2. The van der Waals surface area contributed by atoms with E-state index in [0.717, 1.165) is 30.7 Å². The smallest absolute Gasteiger partial charge is 0.331 e. The highest BCUT2D eigenvalue weighted by Gasteiger charge is 2.31. The number of carbonyl (C=O) groups is 3. The van der Waals surface area contributed by atoms with Gasteiger partial charge in [-0.2, -0.15) is 5.10 Å². The van der Waals surface area contributed by atoms with Gasteiger partial charge < -0.3 is 24.6 Å². The minimum Gasteiger partial charge on any atom is -0.466 e. The summed E-state index contributed by atoms with van der Waals surface area (Å²) >= 11 is 0. The molecule has 0 bridgehead atoms. The average Bonchev–Trinajstić information content (AvgIpc) is 3.69. The summed E-state index contributed by atoms with van der Waals surface area (Å²) < 4.78 is 39.6. The number of amides is 2. The van der Waals surface area contributed by atoms with Crippen LogP contribution < -0.4 is 10.2 Å². The third kappa shape index (κ3) is 5.66. The van der Waals surface area contributed by atoms with Gasteiger partial charge in [0.15, 0.2) is 5.65 Å². The van der Waals surface area contributed by atoms with Crippen molar-refractivity contribution in [2.45, 2.75) is 31.4 Å². The lowest BCUT2D eigenvalue weighted by Gasteiger charge is -2.26. The lowest BCUT2D eigenvalue weighted by Crippen LogP contribution is -2.34. The minimum atomic E-state index is -0.703. The number of fused-ring (bicyclic) bond motifs is 1. The first kappa shape index (κ1) is 26.1. The van der Waals surface area contributed by atoms with Gasteiger partial charge in [-0.15, -0.1) is 0 Å². The van der Waals surface area contributed by atoms with Crippen molar-refractivity contribution in [2.24, 2.45) is 0 Å². The molecule has 0 unspecified atom stereocenters. The number of nitrogens with zero attached hydrogens (tertiary/aromatic N) is 5. The average molecular weight is 541 g/mol. The maximum atomic E-state index is 14.5. The molecule has 0 saturated carbocycles. The van der Waals surface area contributed by atoms with E-state index in [1.165, 1.54) is 28.8 Å². The van der Waals surface area contributed by atoms with Crippen molar-refractivity contribution in [2.75, 3.05) is 37.0 Å². The fourth-order valence-corrected chi connectivity index (χ4v) is 4.85. The van der Waals surface area contributed by atoms with Crippen LogP contribution in [0.1, 0.15) is 30.9 Å². The second kappa shape index (κ2) is 11.1. The monoisotopic (exact) mass is 540 g/mol. The Bertz CT molecular complexity index is 1440. The predicted octanol–water partition coefficient (Wildman–Crippen LogP) is 3.23. The zero-order valence-electron chi connectivity index (χ0n) is 21.0. The van der Waals surface area contributed by atoms with E-state index in [9.17, 15) is 23.2 Å². The van der Waals surface area contributed by atoms with Gasteiger partial charge in [0.1, 0.15) is 29.2 Å². The van der Waals surface area contributed by atoms with Gasteiger partial charge in [-0.25, -0.2) is 32.7 Å². The topological polar surface area (TPSA) is 118 Å². The number of carbonyl (C=O) groups excluding carboxylic acids is 3. The molecule has 0 spiro atoms. The molecule has 0 aliphatic carbocycles. The fraction of sp³-hybridized carbons (Fsp3) is 0.346. The molecule has 4 heterocycles. The number of methoxy groups -OCH3 is 1. The van der Waals surface area contributed by atoms with E-state index < -0.39 is 35.7 Å². The van der Waals surface area contributed by atoms with Crippen LogP contribution in [0.15, 0.2) is 48.8 Å². The lowest BCUT2D eigenvalue weighted by molar-refractivity contribution is -0.143. The summed E-state index contributed by atoms with van der Waals surface area (Å²) in [5.74, 6) is -1.80. The molecule has 0 radical (unpaired) electrons. The van der Waals surface area contributed by atoms with Crippen LogP contribution in [0.4, 0.5) is 25.1 Å². The van der Waals surface area contributed by atoms with Gasteiger partial charge >= 0.3 is 18.0 Å². The van der Waals surface area contributed by atoms with Gasteiger partial charge in [0.05, 0.1) is 25.9 Å². The quantitative estimate of drug-likeness (QED) is 0.374. The molecule has 2 aliphatic rings. The summed E-state index contributed by atoms with van der Waals surface area (Å²) in [6.45, 7) is 1.15. The maximum Gasteiger partial charge on any atom is 0.331 e. The number of aromatic nitrogens is 3. The molecule has 1 N–H and O–H groups in total. The molecule has 11 nitrogen and oxygen atoms in total. The van der Waals surface area contributed by atoms with Crippen LogP contribution in [0.5, 0.6) is 0 Å². The number of urea groups is 1. The van der Waals surface area contributed by atoms with Crippen molar-refractivity contribution in [3.05, 3.63) is 66.0 Å². The van der Waals surface area contributed by atoms with Gasteiger partial charge in [-0.1, -0.05) is 0 Å². The van der Waals surface area contributed by atoms with Gasteiger partial charge in [-0.05, 0) is 37.1 Å². The standard InChI is InChI=1S/C26H26F2N6O5/c1-38-23(35)6-7-24(36)39-17-8-11-32(15-17)26(37)30-20-14-29-34-12-9-22(31-25(20)34)33-10-2-3-21(33)18-13-16(27)4-5-19(18)28/h4-7,9,12-14,17,21H,2-3,8,10-11,15H2,1H3,(H,30,37)/b7-6+/t17-,21+/m0/s1. The molecule has 2 atom stereocenters. The molecule has 2 aromatic heterocycles. The number of anilines is 2. The second-order valence-corrected chi connectivity index (χ2v) is 9.21. The van der Waals surface area contributed by atoms with Crippen molar-refractivity contribution in [1.82, 2.24) is 19.5 Å². The Hall–Kier alpha value is -4.55. The molecule has 5 rings (SSSR count). The largest absolute Gasteiger partial charge is 0.466 e. The van der Waals surface area contributed by atoms with Crippen LogP contribution >= 0.6 is 0 Å². The van der Waals surface area contributed by atoms with E-state index in [-0.39, 0.29) is 18.2 Å². The Morgan fingerprint density at radius 2 is 1.92 bits per heavy atom. The van der Waals surface area contributed by atoms with Gasteiger partial charge in [0, 0.05) is 43.4 Å². The molecule has 204 valence electrons. The highest BCUT2D eigenvalue weighted by molar-refractivity contribution is 5.93. The molecule has 3 aromatic rings. The first-order valence-electron chi connectivity index (χ1n) is 12.4. The zero-order valence-corrected chi connectivity index (χ0v) is 21.0. The first-order valence-corrected chi connectivity index (χ1v) is 12.4. The number of hydrogen-bond acceptors (Lipinski definition) is 8. The van der Waals surface area contributed by atoms with Gasteiger partial charge in [0.2, 0.25) is 0 Å². The lowest BCUT2D eigenvalue weighted by atomic mass is 10.0. The molecule has 2 aliphatic heterocycles. The zero-order chi connectivity index (χ0) is 27.5. The molecule has 13 heteroatoms. The Balaban J connectivity index is 1.27. The number of rotatable bonds is 6. The summed E-state index contributed by atoms with van der Waals surface area (Å²) in [6, 6.07) is 4.40. The van der Waals surface area contributed by atoms with Crippen LogP contribution in [0.2, 0.25) is 0 Å². The molecule has 39 heavy (non-hydrogen) atoms. The SMILES string of the molecule is COC(=O)/C=C/C(=O)O[C@H]1CCN(C(=O)Nc2cnn3ccc(N4CCC[C@@H]4c4cc(F)ccc4F)nc23)C1. The van der Waals surface area contributed by atoms with Crippen molar-refractivity contribution in [1.29, 1.82) is 0 Å². The van der Waals surface area contributed by atoms with Crippen LogP contribution in [0, 0.1) is 11.6 Å². The molecule has 2 fully saturated rings. The summed E-state index contributed by atoms with van der Waals surface area (Å²) in [7, 11) is 1.20. The summed E-state index contributed by atoms with van der Waals surface area (Å²) in [5.41, 5.74) is 1.04. The van der Waals surface area contributed by atoms with Crippen LogP contribution in [0.25, 0.3) is 5.65 Å². The normalized spacial score (nSPS) is 19.2. The van der Waals surface area contributed by atoms with Gasteiger partial charge in [0.25, 0.3) is 0 Å². The Morgan fingerprint density at radius 3 is 2.74 bits per heavy atom. The molecule has 1 aromatic carbocycles. The van der Waals surface area contributed by atoms with E-state index in [1.54, 1.807) is 12.3 Å². The minimum absolute atomic E-state index is 0.177. The summed E-state index contributed by atoms with van der Waals surface area (Å²) in [5, 5.41) is 7.05. The number of halogens is 2. The van der Waals surface area contributed by atoms with E-state index in [1.807, 2.05) is 4.90 Å². The van der Waals surface area contributed by atoms with Crippen molar-refractivity contribution < 1.29 is 32.6 Å². The third-order valence-electron chi connectivity index (χ3n) is 6.73. The first-order chi connectivity index (χ1) is 18.8. The van der Waals surface area contributed by atoms with E-state index in [0.29, 0.717) is 43.1 Å². The van der Waals surface area contributed by atoms with Gasteiger partial charge in [-0.3, -0.25) is 0 Å². The highest BCUT2D eigenvalue weighted by atomic mass is 19.1. The molecular formula is C26H26F2N6O5. The fourth-order valence-electron chi connectivity index (χ4n) is 4.85. The van der Waals surface area contributed by atoms with Crippen molar-refractivity contribution >= 4 is 35.1 Å². The number of nitrogens with one attached hydrogen (secondary N) is 1. The predicted molar refractivity (Wildman–Crippen MR) is 135 cm³/mol. The Kier molecular flexibility index (Phi) is 7.39. The highest BCUT2D eigenvalue weighted by Crippen LogP contribution is 2.37. The van der Waals surface area contributed by atoms with E-state index >= 15 is 0 Å². The third-order valence-corrected chi connectivity index (χ3v) is 6.73. The molecule has 2 saturated heterocycles. The number of benzene rings is 1. The van der Waals surface area contributed by atoms with E-state index in [4.69, 9.17) is 4.74 Å². The summed E-state index contributed by atoms with van der Waals surface area (Å²) in [6.07, 6.45) is 6.47. The van der Waals surface area contributed by atoms with Crippen molar-refractivity contribution in [3.63, 3.8) is 0 Å². The number of esters is 2. The number of likely N-dealkylation sites (tertiary alicyclic amines) is 1. The Labute approximate surface area is 222 Å². The van der Waals surface area contributed by atoms with E-state index in [2.05, 4.69) is 20.1 Å². The molecular weight excluding hydrogens is 514 g/mol. The summed E-state index contributed by atoms with van der Waals surface area (Å²) in [4.78, 5) is 44.0. The van der Waals surface area contributed by atoms with Crippen LogP contribution in [-0.2, 0) is 19.1 Å².